The summed E-state index contributed by atoms with van der Waals surface area (Å²) in [4.78, 5) is 14.0. The van der Waals surface area contributed by atoms with Crippen LogP contribution >= 0.6 is 0 Å². The molecule has 24 heavy (non-hydrogen) atoms. The van der Waals surface area contributed by atoms with Crippen molar-refractivity contribution in [1.82, 2.24) is 15.0 Å². The van der Waals surface area contributed by atoms with Gasteiger partial charge in [-0.2, -0.15) is 0 Å². The predicted molar refractivity (Wildman–Crippen MR) is 97.7 cm³/mol. The van der Waals surface area contributed by atoms with Crippen LogP contribution in [0.3, 0.4) is 0 Å². The molecule has 0 saturated heterocycles. The van der Waals surface area contributed by atoms with Crippen molar-refractivity contribution in [3.05, 3.63) is 78.0 Å². The summed E-state index contributed by atoms with van der Waals surface area (Å²) in [6, 6.07) is 20.5. The summed E-state index contributed by atoms with van der Waals surface area (Å²) in [5.74, 6) is 0.656. The number of benzene rings is 2. The van der Waals surface area contributed by atoms with E-state index in [1.165, 1.54) is 5.56 Å². The molecule has 2 aromatic carbocycles. The third kappa shape index (κ3) is 2.65. The van der Waals surface area contributed by atoms with E-state index in [1.807, 2.05) is 36.5 Å². The minimum absolute atomic E-state index is 0.656. The van der Waals surface area contributed by atoms with Gasteiger partial charge in [-0.3, -0.25) is 0 Å². The fourth-order valence-corrected chi connectivity index (χ4v) is 2.82. The zero-order valence-electron chi connectivity index (χ0n) is 13.7. The zero-order valence-corrected chi connectivity index (χ0v) is 13.7. The van der Waals surface area contributed by atoms with E-state index in [9.17, 15) is 0 Å². The van der Waals surface area contributed by atoms with E-state index in [1.54, 1.807) is 0 Å². The Morgan fingerprint density at radius 2 is 1.62 bits per heavy atom. The Kier molecular flexibility index (Phi) is 3.54. The van der Waals surface area contributed by atoms with Crippen LogP contribution in [0.2, 0.25) is 0 Å². The van der Waals surface area contributed by atoms with E-state index in [0.29, 0.717) is 5.82 Å². The van der Waals surface area contributed by atoms with Gasteiger partial charge in [0.2, 0.25) is 0 Å². The van der Waals surface area contributed by atoms with Gasteiger partial charge in [-0.15, -0.1) is 0 Å². The van der Waals surface area contributed by atoms with Crippen molar-refractivity contribution in [2.45, 2.75) is 13.8 Å². The molecule has 0 aliphatic rings. The Hall–Kier alpha value is -3.07. The molecule has 0 saturated carbocycles. The van der Waals surface area contributed by atoms with Crippen molar-refractivity contribution >= 4 is 10.9 Å². The van der Waals surface area contributed by atoms with Gasteiger partial charge in [0.1, 0.15) is 5.69 Å². The number of aromatic nitrogens is 3. The summed E-state index contributed by atoms with van der Waals surface area (Å²) in [7, 11) is 0. The van der Waals surface area contributed by atoms with Crippen LogP contribution in [-0.2, 0) is 0 Å². The maximum Gasteiger partial charge on any atom is 0.178 e. The summed E-state index contributed by atoms with van der Waals surface area (Å²) in [5, 5.41) is 1.05. The van der Waals surface area contributed by atoms with Crippen LogP contribution in [0.4, 0.5) is 0 Å². The first-order valence-corrected chi connectivity index (χ1v) is 7.97. The van der Waals surface area contributed by atoms with Crippen LogP contribution in [0.15, 0.2) is 66.9 Å². The fourth-order valence-electron chi connectivity index (χ4n) is 2.82. The lowest BCUT2D eigenvalue weighted by molar-refractivity contribution is 1.17. The first kappa shape index (κ1) is 14.5. The molecule has 0 N–H and O–H groups in total. The molecule has 4 aromatic rings. The third-order valence-electron chi connectivity index (χ3n) is 4.11. The number of nitrogens with zero attached hydrogens (tertiary/aromatic N) is 3. The fraction of sp³-hybridized carbons (Fsp3) is 0.0952. The Bertz CT molecular complexity index is 1020. The van der Waals surface area contributed by atoms with Crippen molar-refractivity contribution in [1.29, 1.82) is 0 Å². The van der Waals surface area contributed by atoms with E-state index >= 15 is 0 Å². The normalized spacial score (nSPS) is 10.9. The van der Waals surface area contributed by atoms with E-state index < -0.39 is 0 Å². The van der Waals surface area contributed by atoms with Gasteiger partial charge in [0.25, 0.3) is 0 Å². The smallest absolute Gasteiger partial charge is 0.178 e. The predicted octanol–water partition coefficient (Wildman–Crippen LogP) is 4.98. The number of rotatable bonds is 2. The lowest BCUT2D eigenvalue weighted by atomic mass is 10.1. The Balaban J connectivity index is 1.84. The van der Waals surface area contributed by atoms with Crippen LogP contribution in [0, 0.1) is 13.8 Å². The Labute approximate surface area is 141 Å². The van der Waals surface area contributed by atoms with Gasteiger partial charge in [-0.05, 0) is 37.6 Å². The highest BCUT2D eigenvalue weighted by molar-refractivity contribution is 5.80. The molecule has 3 heteroatoms. The molecule has 3 nitrogen and oxygen atoms in total. The summed E-state index contributed by atoms with van der Waals surface area (Å²) >= 11 is 0. The van der Waals surface area contributed by atoms with Crippen LogP contribution in [0.1, 0.15) is 11.1 Å². The second-order valence-corrected chi connectivity index (χ2v) is 5.98. The van der Waals surface area contributed by atoms with Crippen LogP contribution in [0.5, 0.6) is 0 Å². The average molecular weight is 311 g/mol. The zero-order chi connectivity index (χ0) is 16.5. The van der Waals surface area contributed by atoms with Crippen molar-refractivity contribution in [3.8, 4) is 22.8 Å². The summed E-state index contributed by atoms with van der Waals surface area (Å²) in [6.45, 7) is 4.14. The molecule has 0 fully saturated rings. The molecule has 116 valence electrons. The maximum absolute atomic E-state index is 4.81. The number of hydrogen-bond donors (Lipinski definition) is 0. The molecule has 0 aliphatic carbocycles. The minimum Gasteiger partial charge on any atom is -0.244 e. The van der Waals surface area contributed by atoms with Crippen molar-refractivity contribution in [3.63, 3.8) is 0 Å². The number of pyridine rings is 1. The lowest BCUT2D eigenvalue weighted by Gasteiger charge is -2.08. The number of fused-ring (bicyclic) bond motifs is 1. The molecule has 0 spiro atoms. The van der Waals surface area contributed by atoms with Gasteiger partial charge < -0.3 is 0 Å². The largest absolute Gasteiger partial charge is 0.244 e. The molecular formula is C21H17N3. The lowest BCUT2D eigenvalue weighted by Crippen LogP contribution is -1.96. The van der Waals surface area contributed by atoms with Crippen molar-refractivity contribution in [2.75, 3.05) is 0 Å². The molecule has 0 bridgehead atoms. The molecule has 4 rings (SSSR count). The highest BCUT2D eigenvalue weighted by Gasteiger charge is 2.09. The molecular weight excluding hydrogens is 294 g/mol. The SMILES string of the molecule is Cc1ccc2nc(-c3ccc(C)c(-c4ccccc4)n3)ncc2c1. The minimum atomic E-state index is 0.656. The van der Waals surface area contributed by atoms with Crippen LogP contribution in [0.25, 0.3) is 33.7 Å². The quantitative estimate of drug-likeness (QED) is 0.524. The maximum atomic E-state index is 4.81. The van der Waals surface area contributed by atoms with Gasteiger partial charge >= 0.3 is 0 Å². The van der Waals surface area contributed by atoms with Gasteiger partial charge in [-0.25, -0.2) is 15.0 Å². The Morgan fingerprint density at radius 3 is 2.46 bits per heavy atom. The van der Waals surface area contributed by atoms with Gasteiger partial charge in [0, 0.05) is 17.1 Å². The Morgan fingerprint density at radius 1 is 0.792 bits per heavy atom. The van der Waals surface area contributed by atoms with Crippen molar-refractivity contribution in [2.24, 2.45) is 0 Å². The summed E-state index contributed by atoms with van der Waals surface area (Å²) < 4.78 is 0. The number of aryl methyl sites for hydroxylation is 2. The number of hydrogen-bond acceptors (Lipinski definition) is 3. The first-order valence-electron chi connectivity index (χ1n) is 7.97. The monoisotopic (exact) mass is 311 g/mol. The highest BCUT2D eigenvalue weighted by atomic mass is 14.9. The molecule has 2 aromatic heterocycles. The summed E-state index contributed by atoms with van der Waals surface area (Å²) in [5.41, 5.74) is 6.16. The van der Waals surface area contributed by atoms with Crippen LogP contribution in [-0.4, -0.2) is 15.0 Å². The highest BCUT2D eigenvalue weighted by Crippen LogP contribution is 2.25. The van der Waals surface area contributed by atoms with Gasteiger partial charge in [0.05, 0.1) is 11.2 Å². The second kappa shape index (κ2) is 5.85. The summed E-state index contributed by atoms with van der Waals surface area (Å²) in [6.07, 6.45) is 1.87. The second-order valence-electron chi connectivity index (χ2n) is 5.98. The van der Waals surface area contributed by atoms with Gasteiger partial charge in [0.15, 0.2) is 5.82 Å². The van der Waals surface area contributed by atoms with Crippen molar-refractivity contribution < 1.29 is 0 Å². The molecule has 2 heterocycles. The molecule has 0 aliphatic heterocycles. The van der Waals surface area contributed by atoms with E-state index in [4.69, 9.17) is 4.98 Å². The third-order valence-corrected chi connectivity index (χ3v) is 4.11. The molecule has 0 radical (unpaired) electrons. The van der Waals surface area contributed by atoms with E-state index in [0.717, 1.165) is 33.4 Å². The topological polar surface area (TPSA) is 38.7 Å². The van der Waals surface area contributed by atoms with Crippen LogP contribution < -0.4 is 0 Å². The first-order chi connectivity index (χ1) is 11.7. The molecule has 0 unspecified atom stereocenters. The average Bonchev–Trinajstić information content (AvgIpc) is 2.62. The standard InChI is InChI=1S/C21H17N3/c1-14-8-10-18-17(12-14)13-22-21(24-18)19-11-9-15(2)20(23-19)16-6-4-3-5-7-16/h3-13H,1-2H3. The molecule has 0 amide bonds. The van der Waals surface area contributed by atoms with Gasteiger partial charge in [-0.1, -0.05) is 48.0 Å². The molecule has 0 atom stereocenters. The van der Waals surface area contributed by atoms with E-state index in [2.05, 4.69) is 54.1 Å². The van der Waals surface area contributed by atoms with E-state index in [-0.39, 0.29) is 0 Å².